The highest BCUT2D eigenvalue weighted by Crippen LogP contribution is 2.34. The molecular weight excluding hydrogens is 276 g/mol. The molecule has 1 atom stereocenters. The maximum absolute atomic E-state index is 12.9. The van der Waals surface area contributed by atoms with Gasteiger partial charge in [-0.3, -0.25) is 4.98 Å². The molecule has 1 N–H and O–H groups in total. The first kappa shape index (κ1) is 12.9. The van der Waals surface area contributed by atoms with E-state index >= 15 is 0 Å². The average Bonchev–Trinajstić information content (AvgIpc) is 2.83. The van der Waals surface area contributed by atoms with Gasteiger partial charge < -0.3 is 5.32 Å². The van der Waals surface area contributed by atoms with Gasteiger partial charge in [0, 0.05) is 12.6 Å². The van der Waals surface area contributed by atoms with Gasteiger partial charge in [0.2, 0.25) is 0 Å². The Labute approximate surface area is 111 Å². The van der Waals surface area contributed by atoms with Gasteiger partial charge in [-0.2, -0.15) is 18.3 Å². The van der Waals surface area contributed by atoms with E-state index in [0.29, 0.717) is 24.5 Å². The van der Waals surface area contributed by atoms with Crippen molar-refractivity contribution in [2.24, 2.45) is 0 Å². The molecule has 2 aromatic heterocycles. The SMILES string of the molecule is Fc1ccc(C2CCNc3cc(C(F)(F)F)nn32)nc1. The van der Waals surface area contributed by atoms with E-state index in [1.165, 1.54) is 16.8 Å². The normalized spacial score (nSPS) is 18.5. The third-order valence-electron chi connectivity index (χ3n) is 3.14. The van der Waals surface area contributed by atoms with Crippen LogP contribution in [0.5, 0.6) is 0 Å². The molecule has 0 aliphatic carbocycles. The van der Waals surface area contributed by atoms with Crippen LogP contribution >= 0.6 is 0 Å². The number of pyridine rings is 1. The van der Waals surface area contributed by atoms with Crippen molar-refractivity contribution in [1.82, 2.24) is 14.8 Å². The third-order valence-corrected chi connectivity index (χ3v) is 3.14. The van der Waals surface area contributed by atoms with E-state index < -0.39 is 23.7 Å². The summed E-state index contributed by atoms with van der Waals surface area (Å²) in [7, 11) is 0. The summed E-state index contributed by atoms with van der Waals surface area (Å²) in [5.41, 5.74) is -0.458. The number of hydrogen-bond acceptors (Lipinski definition) is 3. The Morgan fingerprint density at radius 2 is 2.10 bits per heavy atom. The molecule has 0 bridgehead atoms. The van der Waals surface area contributed by atoms with Crippen molar-refractivity contribution in [3.8, 4) is 0 Å². The van der Waals surface area contributed by atoms with Crippen LogP contribution in [0.1, 0.15) is 23.9 Å². The Hall–Kier alpha value is -2.12. The highest BCUT2D eigenvalue weighted by Gasteiger charge is 2.37. The zero-order valence-corrected chi connectivity index (χ0v) is 10.2. The molecular formula is C12H10F4N4. The van der Waals surface area contributed by atoms with Crippen LogP contribution < -0.4 is 5.32 Å². The Kier molecular flexibility index (Phi) is 2.88. The molecule has 0 saturated heterocycles. The number of nitrogens with one attached hydrogen (secondary N) is 1. The molecule has 3 rings (SSSR count). The molecule has 20 heavy (non-hydrogen) atoms. The molecule has 1 unspecified atom stereocenters. The van der Waals surface area contributed by atoms with Crippen LogP contribution in [0.2, 0.25) is 0 Å². The van der Waals surface area contributed by atoms with Gasteiger partial charge in [-0.15, -0.1) is 0 Å². The highest BCUT2D eigenvalue weighted by atomic mass is 19.4. The second-order valence-corrected chi connectivity index (χ2v) is 4.49. The van der Waals surface area contributed by atoms with Gasteiger partial charge in [0.15, 0.2) is 5.69 Å². The molecule has 0 radical (unpaired) electrons. The minimum atomic E-state index is -4.49. The Balaban J connectivity index is 2.01. The number of alkyl halides is 3. The number of anilines is 1. The lowest BCUT2D eigenvalue weighted by Crippen LogP contribution is -2.25. The summed E-state index contributed by atoms with van der Waals surface area (Å²) in [6, 6.07) is 3.24. The molecule has 0 fully saturated rings. The zero-order chi connectivity index (χ0) is 14.3. The number of rotatable bonds is 1. The van der Waals surface area contributed by atoms with Crippen LogP contribution in [0.4, 0.5) is 23.4 Å². The summed E-state index contributed by atoms with van der Waals surface area (Å²) in [5, 5.41) is 6.46. The number of aromatic nitrogens is 3. The third kappa shape index (κ3) is 2.21. The van der Waals surface area contributed by atoms with Crippen LogP contribution in [0.3, 0.4) is 0 Å². The summed E-state index contributed by atoms with van der Waals surface area (Å²) < 4.78 is 52.2. The number of fused-ring (bicyclic) bond motifs is 1. The van der Waals surface area contributed by atoms with Gasteiger partial charge in [-0.1, -0.05) is 0 Å². The first-order chi connectivity index (χ1) is 9.45. The molecule has 106 valence electrons. The maximum atomic E-state index is 12.9. The molecule has 1 aliphatic rings. The van der Waals surface area contributed by atoms with Crippen LogP contribution in [0, 0.1) is 5.82 Å². The van der Waals surface area contributed by atoms with Crippen molar-refractivity contribution in [2.75, 3.05) is 11.9 Å². The fraction of sp³-hybridized carbons (Fsp3) is 0.333. The largest absolute Gasteiger partial charge is 0.435 e. The lowest BCUT2D eigenvalue weighted by molar-refractivity contribution is -0.141. The molecule has 8 heteroatoms. The fourth-order valence-corrected chi connectivity index (χ4v) is 2.22. The molecule has 0 saturated carbocycles. The second kappa shape index (κ2) is 4.46. The first-order valence-electron chi connectivity index (χ1n) is 5.97. The standard InChI is InChI=1S/C12H10F4N4/c13-7-1-2-8(18-6-7)9-3-4-17-11-5-10(12(14,15)16)19-20(9)11/h1-2,5-6,9,17H,3-4H2. The van der Waals surface area contributed by atoms with Crippen LogP contribution in [-0.4, -0.2) is 21.3 Å². The predicted octanol–water partition coefficient (Wildman–Crippen LogP) is 2.84. The Morgan fingerprint density at radius 3 is 2.75 bits per heavy atom. The number of nitrogens with zero attached hydrogens (tertiary/aromatic N) is 3. The van der Waals surface area contributed by atoms with Crippen molar-refractivity contribution < 1.29 is 17.6 Å². The van der Waals surface area contributed by atoms with E-state index in [-0.39, 0.29) is 0 Å². The zero-order valence-electron chi connectivity index (χ0n) is 10.2. The van der Waals surface area contributed by atoms with Gasteiger partial charge in [0.05, 0.1) is 17.9 Å². The quantitative estimate of drug-likeness (QED) is 0.820. The van der Waals surface area contributed by atoms with Crippen LogP contribution in [0.25, 0.3) is 0 Å². The lowest BCUT2D eigenvalue weighted by atomic mass is 10.1. The summed E-state index contributed by atoms with van der Waals surface area (Å²) in [6.45, 7) is 0.507. The maximum Gasteiger partial charge on any atom is 0.435 e. The smallest absolute Gasteiger partial charge is 0.370 e. The van der Waals surface area contributed by atoms with E-state index in [1.807, 2.05) is 0 Å². The Morgan fingerprint density at radius 1 is 1.30 bits per heavy atom. The van der Waals surface area contributed by atoms with Crippen molar-refractivity contribution in [3.63, 3.8) is 0 Å². The topological polar surface area (TPSA) is 42.7 Å². The minimum absolute atomic E-state index is 0.291. The van der Waals surface area contributed by atoms with Gasteiger partial charge in [0.25, 0.3) is 0 Å². The highest BCUT2D eigenvalue weighted by molar-refractivity contribution is 5.41. The van der Waals surface area contributed by atoms with Crippen molar-refractivity contribution in [3.05, 3.63) is 41.6 Å². The molecule has 1 aliphatic heterocycles. The van der Waals surface area contributed by atoms with Crippen molar-refractivity contribution >= 4 is 5.82 Å². The predicted molar refractivity (Wildman–Crippen MR) is 62.7 cm³/mol. The van der Waals surface area contributed by atoms with E-state index in [0.717, 1.165) is 12.3 Å². The second-order valence-electron chi connectivity index (χ2n) is 4.49. The summed E-state index contributed by atoms with van der Waals surface area (Å²) >= 11 is 0. The minimum Gasteiger partial charge on any atom is -0.370 e. The lowest BCUT2D eigenvalue weighted by Gasteiger charge is -2.25. The fourth-order valence-electron chi connectivity index (χ4n) is 2.22. The number of hydrogen-bond donors (Lipinski definition) is 1. The van der Waals surface area contributed by atoms with Gasteiger partial charge in [-0.25, -0.2) is 9.07 Å². The van der Waals surface area contributed by atoms with Gasteiger partial charge >= 0.3 is 6.18 Å². The average molecular weight is 286 g/mol. The molecule has 0 spiro atoms. The molecule has 3 heterocycles. The Bertz CT molecular complexity index is 617. The van der Waals surface area contributed by atoms with E-state index in [1.54, 1.807) is 0 Å². The first-order valence-corrected chi connectivity index (χ1v) is 5.97. The summed E-state index contributed by atoms with van der Waals surface area (Å²) in [6.07, 6.45) is -2.91. The summed E-state index contributed by atoms with van der Waals surface area (Å²) in [4.78, 5) is 3.93. The number of halogens is 4. The van der Waals surface area contributed by atoms with Crippen LogP contribution in [-0.2, 0) is 6.18 Å². The molecule has 4 nitrogen and oxygen atoms in total. The monoisotopic (exact) mass is 286 g/mol. The van der Waals surface area contributed by atoms with Crippen LogP contribution in [0.15, 0.2) is 24.4 Å². The van der Waals surface area contributed by atoms with Crippen molar-refractivity contribution in [2.45, 2.75) is 18.6 Å². The molecule has 2 aromatic rings. The van der Waals surface area contributed by atoms with Gasteiger partial charge in [0.1, 0.15) is 11.6 Å². The van der Waals surface area contributed by atoms with E-state index in [2.05, 4.69) is 15.4 Å². The molecule has 0 aromatic carbocycles. The summed E-state index contributed by atoms with van der Waals surface area (Å²) in [5.74, 6) is -0.195. The van der Waals surface area contributed by atoms with E-state index in [4.69, 9.17) is 0 Å². The van der Waals surface area contributed by atoms with E-state index in [9.17, 15) is 17.6 Å². The van der Waals surface area contributed by atoms with Crippen molar-refractivity contribution in [1.29, 1.82) is 0 Å². The molecule has 0 amide bonds. The van der Waals surface area contributed by atoms with Gasteiger partial charge in [-0.05, 0) is 18.6 Å².